The van der Waals surface area contributed by atoms with E-state index in [0.29, 0.717) is 11.5 Å². The summed E-state index contributed by atoms with van der Waals surface area (Å²) in [6, 6.07) is 2.96. The summed E-state index contributed by atoms with van der Waals surface area (Å²) in [6.07, 6.45) is 1.25. The highest BCUT2D eigenvalue weighted by Gasteiger charge is 2.09. The zero-order valence-corrected chi connectivity index (χ0v) is 7.84. The lowest BCUT2D eigenvalue weighted by Crippen LogP contribution is -1.97. The first kappa shape index (κ1) is 9.32. The summed E-state index contributed by atoms with van der Waals surface area (Å²) in [4.78, 5) is 18.4. The Labute approximate surface area is 84.6 Å². The first-order valence-corrected chi connectivity index (χ1v) is 4.17. The van der Waals surface area contributed by atoms with E-state index < -0.39 is 5.97 Å². The summed E-state index contributed by atoms with van der Waals surface area (Å²) < 4.78 is 4.88. The largest absolute Gasteiger partial charge is 0.478 e. The normalized spacial score (nSPS) is 10.2. The Morgan fingerprint density at radius 2 is 2.27 bits per heavy atom. The van der Waals surface area contributed by atoms with Crippen LogP contribution in [0.1, 0.15) is 16.2 Å². The van der Waals surface area contributed by atoms with Gasteiger partial charge in [0.25, 0.3) is 5.89 Å². The number of rotatable bonds is 2. The lowest BCUT2D eigenvalue weighted by molar-refractivity contribution is 0.0696. The number of carboxylic acid groups (broad SMARTS) is 1. The molecule has 2 aromatic rings. The Morgan fingerprint density at radius 1 is 1.47 bits per heavy atom. The van der Waals surface area contributed by atoms with Crippen molar-refractivity contribution in [3.05, 3.63) is 29.7 Å². The summed E-state index contributed by atoms with van der Waals surface area (Å²) in [5.41, 5.74) is 0.579. The van der Waals surface area contributed by atoms with Crippen molar-refractivity contribution < 1.29 is 14.4 Å². The zero-order chi connectivity index (χ0) is 10.8. The Morgan fingerprint density at radius 3 is 2.73 bits per heavy atom. The van der Waals surface area contributed by atoms with Gasteiger partial charge in [-0.05, 0) is 19.1 Å². The van der Waals surface area contributed by atoms with E-state index in [-0.39, 0.29) is 11.5 Å². The highest BCUT2D eigenvalue weighted by molar-refractivity contribution is 5.87. The summed E-state index contributed by atoms with van der Waals surface area (Å²) >= 11 is 0. The zero-order valence-electron chi connectivity index (χ0n) is 7.84. The van der Waals surface area contributed by atoms with Crippen LogP contribution in [0.5, 0.6) is 0 Å². The molecule has 2 heterocycles. The summed E-state index contributed by atoms with van der Waals surface area (Å²) in [5, 5.41) is 12.3. The molecule has 76 valence electrons. The van der Waals surface area contributed by atoms with E-state index in [0.717, 1.165) is 0 Å². The molecule has 0 atom stereocenters. The number of aryl methyl sites for hydroxylation is 1. The van der Waals surface area contributed by atoms with Crippen LogP contribution in [0.4, 0.5) is 0 Å². The Hall–Kier alpha value is -2.24. The van der Waals surface area contributed by atoms with Gasteiger partial charge in [-0.25, -0.2) is 4.79 Å². The monoisotopic (exact) mass is 205 g/mol. The van der Waals surface area contributed by atoms with Crippen molar-refractivity contribution in [3.8, 4) is 11.6 Å². The third kappa shape index (κ3) is 1.83. The molecule has 1 N–H and O–H groups in total. The maximum absolute atomic E-state index is 10.6. The van der Waals surface area contributed by atoms with Crippen molar-refractivity contribution in [2.75, 3.05) is 0 Å². The van der Waals surface area contributed by atoms with Gasteiger partial charge in [-0.15, -0.1) is 0 Å². The van der Waals surface area contributed by atoms with Gasteiger partial charge in [-0.1, -0.05) is 5.16 Å². The van der Waals surface area contributed by atoms with E-state index in [9.17, 15) is 4.79 Å². The number of aromatic carboxylic acids is 1. The molecule has 15 heavy (non-hydrogen) atoms. The fourth-order valence-corrected chi connectivity index (χ4v) is 1.05. The number of hydrogen-bond acceptors (Lipinski definition) is 5. The molecule has 0 aliphatic rings. The number of carbonyl (C=O) groups is 1. The van der Waals surface area contributed by atoms with Crippen LogP contribution in [0.25, 0.3) is 11.6 Å². The van der Waals surface area contributed by atoms with Gasteiger partial charge in [-0.2, -0.15) is 4.98 Å². The molecule has 0 aliphatic heterocycles. The van der Waals surface area contributed by atoms with Crippen LogP contribution >= 0.6 is 0 Å². The van der Waals surface area contributed by atoms with Gasteiger partial charge >= 0.3 is 5.97 Å². The lowest BCUT2D eigenvalue weighted by Gasteiger charge is -1.94. The molecule has 0 radical (unpaired) electrons. The third-order valence-corrected chi connectivity index (χ3v) is 1.76. The summed E-state index contributed by atoms with van der Waals surface area (Å²) in [5.74, 6) is -0.227. The number of hydrogen-bond donors (Lipinski definition) is 1. The van der Waals surface area contributed by atoms with Crippen LogP contribution in [0.3, 0.4) is 0 Å². The van der Waals surface area contributed by atoms with Crippen LogP contribution in [0, 0.1) is 6.92 Å². The van der Waals surface area contributed by atoms with E-state index in [1.54, 1.807) is 6.92 Å². The SMILES string of the molecule is Cc1noc(-c2ccc(C(=O)O)cn2)n1. The predicted molar refractivity (Wildman–Crippen MR) is 49.2 cm³/mol. The molecule has 6 nitrogen and oxygen atoms in total. The van der Waals surface area contributed by atoms with Crippen LogP contribution < -0.4 is 0 Å². The van der Waals surface area contributed by atoms with E-state index in [4.69, 9.17) is 9.63 Å². The Balaban J connectivity index is 2.35. The molecule has 0 fully saturated rings. The second-order valence-corrected chi connectivity index (χ2v) is 2.88. The molecule has 2 rings (SSSR count). The molecule has 0 saturated carbocycles. The molecule has 0 aromatic carbocycles. The van der Waals surface area contributed by atoms with Crippen molar-refractivity contribution in [2.45, 2.75) is 6.92 Å². The molecular formula is C9H7N3O3. The minimum absolute atomic E-state index is 0.120. The molecule has 2 aromatic heterocycles. The van der Waals surface area contributed by atoms with Crippen molar-refractivity contribution in [1.82, 2.24) is 15.1 Å². The van der Waals surface area contributed by atoms with Gasteiger partial charge in [0.1, 0.15) is 5.69 Å². The number of carboxylic acids is 1. The van der Waals surface area contributed by atoms with Gasteiger partial charge in [0.15, 0.2) is 5.82 Å². The van der Waals surface area contributed by atoms with Gasteiger partial charge in [-0.3, -0.25) is 4.98 Å². The average Bonchev–Trinajstić information content (AvgIpc) is 2.65. The minimum atomic E-state index is -1.02. The maximum Gasteiger partial charge on any atom is 0.337 e. The van der Waals surface area contributed by atoms with E-state index >= 15 is 0 Å². The van der Waals surface area contributed by atoms with Crippen molar-refractivity contribution in [3.63, 3.8) is 0 Å². The van der Waals surface area contributed by atoms with Gasteiger partial charge in [0.05, 0.1) is 5.56 Å². The molecule has 0 bridgehead atoms. The van der Waals surface area contributed by atoms with Crippen LogP contribution in [-0.4, -0.2) is 26.2 Å². The van der Waals surface area contributed by atoms with Crippen molar-refractivity contribution in [2.24, 2.45) is 0 Å². The van der Waals surface area contributed by atoms with Gasteiger partial charge < -0.3 is 9.63 Å². The van der Waals surface area contributed by atoms with Gasteiger partial charge in [0.2, 0.25) is 0 Å². The van der Waals surface area contributed by atoms with Crippen molar-refractivity contribution >= 4 is 5.97 Å². The predicted octanol–water partition coefficient (Wildman–Crippen LogP) is 1.14. The molecule has 0 spiro atoms. The summed E-state index contributed by atoms with van der Waals surface area (Å²) in [6.45, 7) is 1.69. The smallest absolute Gasteiger partial charge is 0.337 e. The molecule has 6 heteroatoms. The first-order valence-electron chi connectivity index (χ1n) is 4.17. The topological polar surface area (TPSA) is 89.1 Å². The first-order chi connectivity index (χ1) is 7.16. The van der Waals surface area contributed by atoms with Crippen LogP contribution in [-0.2, 0) is 0 Å². The second kappa shape index (κ2) is 3.49. The number of pyridine rings is 1. The third-order valence-electron chi connectivity index (χ3n) is 1.76. The highest BCUT2D eigenvalue weighted by atomic mass is 16.5. The van der Waals surface area contributed by atoms with Crippen LogP contribution in [0.15, 0.2) is 22.9 Å². The molecule has 0 unspecified atom stereocenters. The van der Waals surface area contributed by atoms with E-state index in [1.807, 2.05) is 0 Å². The fourth-order valence-electron chi connectivity index (χ4n) is 1.05. The Kier molecular flexibility index (Phi) is 2.17. The molecule has 0 aliphatic carbocycles. The van der Waals surface area contributed by atoms with Crippen LogP contribution in [0.2, 0.25) is 0 Å². The average molecular weight is 205 g/mol. The molecule has 0 saturated heterocycles. The lowest BCUT2D eigenvalue weighted by atomic mass is 10.2. The van der Waals surface area contributed by atoms with E-state index in [1.165, 1.54) is 18.3 Å². The van der Waals surface area contributed by atoms with Gasteiger partial charge in [0, 0.05) is 6.20 Å². The number of aromatic nitrogens is 3. The minimum Gasteiger partial charge on any atom is -0.478 e. The molecule has 0 amide bonds. The van der Waals surface area contributed by atoms with E-state index in [2.05, 4.69) is 15.1 Å². The maximum atomic E-state index is 10.6. The number of nitrogens with zero attached hydrogens (tertiary/aromatic N) is 3. The Bertz CT molecular complexity index is 490. The van der Waals surface area contributed by atoms with Crippen molar-refractivity contribution in [1.29, 1.82) is 0 Å². The quantitative estimate of drug-likeness (QED) is 0.790. The second-order valence-electron chi connectivity index (χ2n) is 2.88. The standard InChI is InChI=1S/C9H7N3O3/c1-5-11-8(15-12-5)7-3-2-6(4-10-7)9(13)14/h2-4H,1H3,(H,13,14). The highest BCUT2D eigenvalue weighted by Crippen LogP contribution is 2.14. The molecular weight excluding hydrogens is 198 g/mol. The summed E-state index contributed by atoms with van der Waals surface area (Å²) in [7, 11) is 0. The fraction of sp³-hybridized carbons (Fsp3) is 0.111.